The molecule has 0 spiro atoms. The molecule has 1 saturated carbocycles. The number of hydrogen-bond donors (Lipinski definition) is 4. The Bertz CT molecular complexity index is 1360. The summed E-state index contributed by atoms with van der Waals surface area (Å²) < 4.78 is 26.3. The lowest BCUT2D eigenvalue weighted by Gasteiger charge is -2.18. The number of aliphatic hydroxyl groups is 2. The van der Waals surface area contributed by atoms with Crippen LogP contribution in [0.15, 0.2) is 85.1 Å². The lowest BCUT2D eigenvalue weighted by atomic mass is 9.90. The van der Waals surface area contributed by atoms with Crippen LogP contribution in [-0.4, -0.2) is 69.2 Å². The lowest BCUT2D eigenvalue weighted by Crippen LogP contribution is -2.29. The third-order valence-electron chi connectivity index (χ3n) is 9.27. The predicted octanol–water partition coefficient (Wildman–Crippen LogP) is 9.43. The number of aliphatic hydroxyl groups excluding tert-OH is 2. The normalized spacial score (nSPS) is 19.2. The molecule has 0 unspecified atom stereocenters. The Labute approximate surface area is 342 Å². The van der Waals surface area contributed by atoms with Gasteiger partial charge in [0, 0.05) is 31.1 Å². The smallest absolute Gasteiger partial charge is 0.462 e. The number of carbonyl (C=O) groups is 3. The van der Waals surface area contributed by atoms with E-state index in [4.69, 9.17) is 19.3 Å². The molecule has 4 N–H and O–H groups in total. The molecule has 1 aliphatic rings. The number of allylic oxidation sites excluding steroid dienone is 12. The van der Waals surface area contributed by atoms with E-state index >= 15 is 0 Å². The fraction of sp³-hybridized carbons (Fsp3) is 0.622. The largest absolute Gasteiger partial charge is 0.469 e. The maximum Gasteiger partial charge on any atom is 0.469 e. The minimum Gasteiger partial charge on any atom is -0.462 e. The highest BCUT2D eigenvalue weighted by Crippen LogP contribution is 2.36. The molecule has 1 fully saturated rings. The van der Waals surface area contributed by atoms with E-state index in [2.05, 4.69) is 79.1 Å². The quantitative estimate of drug-likeness (QED) is 0.0215. The second-order valence-electron chi connectivity index (χ2n) is 14.4. The molecular weight excluding hydrogens is 747 g/mol. The van der Waals surface area contributed by atoms with Gasteiger partial charge >= 0.3 is 19.8 Å². The molecule has 0 aromatic heterocycles. The van der Waals surface area contributed by atoms with Gasteiger partial charge in [-0.1, -0.05) is 125 Å². The summed E-state index contributed by atoms with van der Waals surface area (Å²) in [6.07, 6.45) is 39.5. The number of ketones is 1. The second kappa shape index (κ2) is 33.8. The number of esters is 2. The molecule has 5 atom stereocenters. The van der Waals surface area contributed by atoms with Crippen LogP contribution in [0.5, 0.6) is 0 Å². The second-order valence-corrected chi connectivity index (χ2v) is 15.6. The number of unbranched alkanes of at least 4 members (excludes halogenated alkanes) is 6. The van der Waals surface area contributed by atoms with Crippen molar-refractivity contribution in [3.05, 3.63) is 85.1 Å². The molecule has 0 amide bonds. The van der Waals surface area contributed by atoms with Crippen LogP contribution in [0.3, 0.4) is 0 Å². The first-order valence-electron chi connectivity index (χ1n) is 21.0. The monoisotopic (exact) mass is 818 g/mol. The Morgan fingerprint density at radius 1 is 0.754 bits per heavy atom. The number of Topliss-reactive ketones (excluding diaryl/α,β-unsaturated/α-hetero) is 1. The minimum absolute atomic E-state index is 0.0129. The molecule has 1 aliphatic carbocycles. The summed E-state index contributed by atoms with van der Waals surface area (Å²) in [5, 5.41) is 20.6. The molecule has 0 radical (unpaired) electrons. The van der Waals surface area contributed by atoms with Gasteiger partial charge in [-0.25, -0.2) is 4.57 Å². The molecular formula is C45H71O11P. The molecule has 0 heterocycles. The standard InChI is InChI=1S/C45H71O11P/c1-3-5-7-8-9-10-11-12-13-14-15-16-17-18-19-20-21-22-28-32-45(50)56-39(37-55-57(51,52)53)36-54-44(49)31-27-24-23-26-30-40-41(43(48)35-42(40)47)34-33-38(46)29-25-6-4-2/h5,7,9-10,12-13,15-16,18-19,23,26,33-34,38-41,43,46,48H,3-4,6,8,11,14,17,20-22,24-25,27-32,35-37H2,1-2H3,(H2,51,52,53)/b7-5-,10-9-,13-12-,16-15-,19-18-,26-23-,34-33+/t38-,39+,40+,41+,43+/m0/s1. The first-order valence-corrected chi connectivity index (χ1v) is 22.5. The maximum absolute atomic E-state index is 12.5. The van der Waals surface area contributed by atoms with E-state index in [1.165, 1.54) is 0 Å². The zero-order valence-electron chi connectivity index (χ0n) is 34.4. The highest BCUT2D eigenvalue weighted by Gasteiger charge is 2.39. The number of phosphoric acid groups is 1. The minimum atomic E-state index is -4.84. The van der Waals surface area contributed by atoms with Crippen LogP contribution in [0.1, 0.15) is 136 Å². The SMILES string of the molecule is CC/C=C\C/C=C\C/C=C\C/C=C\C/C=C\CCCCCC(=O)O[C@H](COC(=O)CCC/C=C\C[C@H]1C(=O)C[C@@H](O)[C@@H]1/C=C/[C@@H](O)CCCCC)COP(=O)(O)O. The number of carbonyl (C=O) groups excluding carboxylic acids is 3. The highest BCUT2D eigenvalue weighted by molar-refractivity contribution is 7.46. The summed E-state index contributed by atoms with van der Waals surface area (Å²) >= 11 is 0. The van der Waals surface area contributed by atoms with E-state index in [9.17, 15) is 29.2 Å². The van der Waals surface area contributed by atoms with Crippen molar-refractivity contribution in [3.8, 4) is 0 Å². The molecule has 12 heteroatoms. The van der Waals surface area contributed by atoms with Gasteiger partial charge in [0.15, 0.2) is 6.10 Å². The maximum atomic E-state index is 12.5. The van der Waals surface area contributed by atoms with E-state index < -0.39 is 51.3 Å². The average Bonchev–Trinajstić information content (AvgIpc) is 3.44. The van der Waals surface area contributed by atoms with Crippen molar-refractivity contribution in [3.63, 3.8) is 0 Å². The van der Waals surface area contributed by atoms with Crippen LogP contribution in [0.2, 0.25) is 0 Å². The van der Waals surface area contributed by atoms with Crippen molar-refractivity contribution in [2.75, 3.05) is 13.2 Å². The zero-order valence-corrected chi connectivity index (χ0v) is 35.3. The summed E-state index contributed by atoms with van der Waals surface area (Å²) in [5.41, 5.74) is 0. The molecule has 1 rings (SSSR count). The van der Waals surface area contributed by atoms with Crippen molar-refractivity contribution in [2.24, 2.45) is 11.8 Å². The van der Waals surface area contributed by atoms with Gasteiger partial charge in [0.25, 0.3) is 0 Å². The van der Waals surface area contributed by atoms with E-state index in [1.54, 1.807) is 12.2 Å². The molecule has 0 aromatic rings. The Morgan fingerprint density at radius 3 is 1.98 bits per heavy atom. The van der Waals surface area contributed by atoms with Crippen molar-refractivity contribution in [2.45, 2.75) is 154 Å². The van der Waals surface area contributed by atoms with Gasteiger partial charge in [0.1, 0.15) is 12.4 Å². The number of hydrogen-bond acceptors (Lipinski definition) is 9. The van der Waals surface area contributed by atoms with Crippen molar-refractivity contribution in [1.82, 2.24) is 0 Å². The Hall–Kier alpha value is -3.18. The fourth-order valence-electron chi connectivity index (χ4n) is 6.08. The Kier molecular flexibility index (Phi) is 30.7. The zero-order chi connectivity index (χ0) is 42.0. The van der Waals surface area contributed by atoms with Gasteiger partial charge in [-0.05, 0) is 77.0 Å². The van der Waals surface area contributed by atoms with E-state index in [0.29, 0.717) is 32.1 Å². The molecule has 0 aliphatic heterocycles. The first kappa shape index (κ1) is 51.8. The van der Waals surface area contributed by atoms with E-state index in [1.807, 2.05) is 12.2 Å². The third kappa shape index (κ3) is 29.7. The topological polar surface area (TPSA) is 177 Å². The van der Waals surface area contributed by atoms with Crippen LogP contribution >= 0.6 is 7.82 Å². The first-order chi connectivity index (χ1) is 27.5. The molecule has 0 aromatic carbocycles. The van der Waals surface area contributed by atoms with Crippen LogP contribution in [-0.2, 0) is 32.9 Å². The highest BCUT2D eigenvalue weighted by atomic mass is 31.2. The summed E-state index contributed by atoms with van der Waals surface area (Å²) in [5.74, 6) is -1.87. The summed E-state index contributed by atoms with van der Waals surface area (Å²) in [4.78, 5) is 55.5. The predicted molar refractivity (Wildman–Crippen MR) is 226 cm³/mol. The van der Waals surface area contributed by atoms with Crippen LogP contribution in [0.4, 0.5) is 0 Å². The van der Waals surface area contributed by atoms with Crippen LogP contribution in [0, 0.1) is 11.8 Å². The van der Waals surface area contributed by atoms with Crippen molar-refractivity contribution >= 4 is 25.5 Å². The number of phosphoric ester groups is 1. The molecule has 0 saturated heterocycles. The van der Waals surface area contributed by atoms with Gasteiger partial charge in [-0.3, -0.25) is 18.9 Å². The van der Waals surface area contributed by atoms with Gasteiger partial charge in [0.05, 0.1) is 18.8 Å². The van der Waals surface area contributed by atoms with Crippen LogP contribution in [0.25, 0.3) is 0 Å². The molecule has 0 bridgehead atoms. The molecule has 322 valence electrons. The Morgan fingerprint density at radius 2 is 1.35 bits per heavy atom. The van der Waals surface area contributed by atoms with Gasteiger partial charge in [0.2, 0.25) is 0 Å². The lowest BCUT2D eigenvalue weighted by molar-refractivity contribution is -0.161. The van der Waals surface area contributed by atoms with Crippen molar-refractivity contribution < 1.29 is 52.9 Å². The fourth-order valence-corrected chi connectivity index (χ4v) is 6.45. The van der Waals surface area contributed by atoms with E-state index in [0.717, 1.165) is 70.6 Å². The third-order valence-corrected chi connectivity index (χ3v) is 9.75. The van der Waals surface area contributed by atoms with E-state index in [-0.39, 0.29) is 36.9 Å². The number of rotatable bonds is 33. The van der Waals surface area contributed by atoms with Crippen molar-refractivity contribution in [1.29, 1.82) is 0 Å². The van der Waals surface area contributed by atoms with Gasteiger partial charge in [-0.2, -0.15) is 0 Å². The number of ether oxygens (including phenoxy) is 2. The summed E-state index contributed by atoms with van der Waals surface area (Å²) in [6, 6.07) is 0. The summed E-state index contributed by atoms with van der Waals surface area (Å²) in [6.45, 7) is 3.19. The average molecular weight is 819 g/mol. The van der Waals surface area contributed by atoms with Gasteiger partial charge < -0.3 is 29.5 Å². The Balaban J connectivity index is 2.32. The summed E-state index contributed by atoms with van der Waals surface area (Å²) in [7, 11) is -4.84. The van der Waals surface area contributed by atoms with Crippen LogP contribution < -0.4 is 0 Å². The molecule has 11 nitrogen and oxygen atoms in total. The molecule has 57 heavy (non-hydrogen) atoms. The van der Waals surface area contributed by atoms with Gasteiger partial charge in [-0.15, -0.1) is 0 Å².